The normalized spacial score (nSPS) is 24.2. The molecule has 1 aliphatic rings. The van der Waals surface area contributed by atoms with Crippen molar-refractivity contribution in [3.63, 3.8) is 0 Å². The monoisotopic (exact) mass is 477 g/mol. The zero-order valence-electron chi connectivity index (χ0n) is 19.8. The highest BCUT2D eigenvalue weighted by Gasteiger charge is 2.49. The third-order valence-electron chi connectivity index (χ3n) is 5.93. The molecule has 3 aromatic rings. The number of hydrogen-bond acceptors (Lipinski definition) is 7. The van der Waals surface area contributed by atoms with Crippen molar-refractivity contribution in [3.8, 4) is 0 Å². The zero-order valence-corrected chi connectivity index (χ0v) is 19.8. The Morgan fingerprint density at radius 1 is 0.714 bits per heavy atom. The fraction of sp³-hybridized carbons (Fsp3) is 0.357. The van der Waals surface area contributed by atoms with Crippen LogP contribution >= 0.6 is 0 Å². The van der Waals surface area contributed by atoms with Crippen LogP contribution < -0.4 is 0 Å². The lowest BCUT2D eigenvalue weighted by Gasteiger charge is -2.43. The maximum Gasteiger partial charge on any atom is 0.186 e. The van der Waals surface area contributed by atoms with Gasteiger partial charge in [-0.2, -0.15) is 4.91 Å². The lowest BCUT2D eigenvalue weighted by atomic mass is 9.96. The Hall–Kier alpha value is -2.94. The molecular weight excluding hydrogens is 446 g/mol. The van der Waals surface area contributed by atoms with Crippen LogP contribution in [0, 0.1) is 4.91 Å². The number of nitroso groups, excluding NO2 is 1. The molecule has 7 nitrogen and oxygen atoms in total. The number of nitrogens with zero attached hydrogens (tertiary/aromatic N) is 1. The highest BCUT2D eigenvalue weighted by molar-refractivity contribution is 5.15. The average Bonchev–Trinajstić information content (AvgIpc) is 2.92. The first-order chi connectivity index (χ1) is 17.3. The Balaban J connectivity index is 1.52. The van der Waals surface area contributed by atoms with Gasteiger partial charge in [-0.3, -0.25) is 0 Å². The first-order valence-corrected chi connectivity index (χ1v) is 11.7. The van der Waals surface area contributed by atoms with Gasteiger partial charge in [0.2, 0.25) is 0 Å². The molecule has 4 rings (SSSR count). The molecule has 0 amide bonds. The van der Waals surface area contributed by atoms with Crippen LogP contribution in [0.4, 0.5) is 0 Å². The van der Waals surface area contributed by atoms with E-state index in [2.05, 4.69) is 5.18 Å². The second-order valence-corrected chi connectivity index (χ2v) is 8.40. The fourth-order valence-electron chi connectivity index (χ4n) is 4.13. The number of benzene rings is 3. The summed E-state index contributed by atoms with van der Waals surface area (Å²) in [5.74, 6) is 0. The summed E-state index contributed by atoms with van der Waals surface area (Å²) in [6, 6.07) is 28.6. The second-order valence-electron chi connectivity index (χ2n) is 8.40. The van der Waals surface area contributed by atoms with E-state index in [0.29, 0.717) is 19.8 Å². The Labute approximate surface area is 205 Å². The Morgan fingerprint density at radius 2 is 1.20 bits per heavy atom. The smallest absolute Gasteiger partial charge is 0.186 e. The molecule has 0 unspecified atom stereocenters. The van der Waals surface area contributed by atoms with E-state index in [0.717, 1.165) is 16.7 Å². The van der Waals surface area contributed by atoms with Gasteiger partial charge in [0.1, 0.15) is 18.3 Å². The Bertz CT molecular complexity index is 1000. The van der Waals surface area contributed by atoms with Gasteiger partial charge in [-0.05, 0) is 16.7 Å². The molecule has 7 heteroatoms. The molecule has 0 spiro atoms. The molecule has 35 heavy (non-hydrogen) atoms. The van der Waals surface area contributed by atoms with Gasteiger partial charge >= 0.3 is 0 Å². The van der Waals surface area contributed by atoms with E-state index in [4.69, 9.17) is 23.7 Å². The first-order valence-electron chi connectivity index (χ1n) is 11.7. The van der Waals surface area contributed by atoms with Crippen molar-refractivity contribution in [2.24, 2.45) is 5.18 Å². The Kier molecular flexibility index (Phi) is 9.51. The highest BCUT2D eigenvalue weighted by atomic mass is 16.7. The molecule has 5 atom stereocenters. The van der Waals surface area contributed by atoms with Crippen LogP contribution in [0.5, 0.6) is 0 Å². The van der Waals surface area contributed by atoms with Crippen molar-refractivity contribution in [1.29, 1.82) is 0 Å². The third-order valence-corrected chi connectivity index (χ3v) is 5.93. The molecule has 0 aromatic heterocycles. The van der Waals surface area contributed by atoms with Crippen LogP contribution in [0.15, 0.2) is 96.2 Å². The summed E-state index contributed by atoms with van der Waals surface area (Å²) in [6.07, 6.45) is -2.66. The number of rotatable bonds is 12. The molecule has 184 valence electrons. The summed E-state index contributed by atoms with van der Waals surface area (Å²) in [5.41, 5.74) is 3.04. The molecule has 1 fully saturated rings. The maximum absolute atomic E-state index is 11.9. The van der Waals surface area contributed by atoms with Crippen molar-refractivity contribution in [3.05, 3.63) is 113 Å². The average molecular weight is 478 g/mol. The van der Waals surface area contributed by atoms with Gasteiger partial charge in [-0.15, -0.1) is 0 Å². The van der Waals surface area contributed by atoms with E-state index in [-0.39, 0.29) is 6.61 Å². The molecule has 0 aliphatic carbocycles. The van der Waals surface area contributed by atoms with Gasteiger partial charge in [-0.25, -0.2) is 0 Å². The lowest BCUT2D eigenvalue weighted by Crippen LogP contribution is -2.60. The van der Waals surface area contributed by atoms with Crippen LogP contribution in [-0.2, 0) is 43.5 Å². The van der Waals surface area contributed by atoms with Gasteiger partial charge in [0, 0.05) is 7.11 Å². The SMILES string of the molecule is CO[C@@H]1O[C@H](COCc2ccccc2)[C@H](OCc2ccccc2)[C@H](OCc2ccccc2)[C@H]1N=O. The van der Waals surface area contributed by atoms with Crippen molar-refractivity contribution in [2.45, 2.75) is 50.5 Å². The van der Waals surface area contributed by atoms with E-state index < -0.39 is 30.6 Å². The Morgan fingerprint density at radius 3 is 1.69 bits per heavy atom. The second kappa shape index (κ2) is 13.2. The summed E-state index contributed by atoms with van der Waals surface area (Å²) >= 11 is 0. The molecule has 0 N–H and O–H groups in total. The first kappa shape index (κ1) is 25.2. The van der Waals surface area contributed by atoms with Crippen molar-refractivity contribution in [2.75, 3.05) is 13.7 Å². The van der Waals surface area contributed by atoms with Gasteiger partial charge in [-0.1, -0.05) is 96.2 Å². The molecular formula is C28H31NO6. The van der Waals surface area contributed by atoms with Crippen molar-refractivity contribution < 1.29 is 23.7 Å². The van der Waals surface area contributed by atoms with Crippen LogP contribution in [-0.4, -0.2) is 44.4 Å². The van der Waals surface area contributed by atoms with E-state index in [1.807, 2.05) is 91.0 Å². The standard InChI is InChI=1S/C28H31NO6/c1-31-28-25(29-30)27(34-19-23-15-9-4-10-16-23)26(33-18-22-13-7-3-8-14-22)24(35-28)20-32-17-21-11-5-2-6-12-21/h2-16,24-28H,17-20H2,1H3/t24-,25-,26+,27-,28-/m1/s1. The topological polar surface area (TPSA) is 75.6 Å². The largest absolute Gasteiger partial charge is 0.374 e. The summed E-state index contributed by atoms with van der Waals surface area (Å²) in [5, 5.41) is 3.32. The predicted octanol–water partition coefficient (Wildman–Crippen LogP) is 4.88. The van der Waals surface area contributed by atoms with Crippen LogP contribution in [0.25, 0.3) is 0 Å². The predicted molar refractivity (Wildman–Crippen MR) is 131 cm³/mol. The maximum atomic E-state index is 11.9. The molecule has 3 aromatic carbocycles. The lowest BCUT2D eigenvalue weighted by molar-refractivity contribution is -0.280. The van der Waals surface area contributed by atoms with Gasteiger partial charge in [0.25, 0.3) is 0 Å². The van der Waals surface area contributed by atoms with E-state index >= 15 is 0 Å². The van der Waals surface area contributed by atoms with Gasteiger partial charge < -0.3 is 23.7 Å². The van der Waals surface area contributed by atoms with Crippen LogP contribution in [0.3, 0.4) is 0 Å². The molecule has 0 bridgehead atoms. The minimum Gasteiger partial charge on any atom is -0.374 e. The van der Waals surface area contributed by atoms with Crippen molar-refractivity contribution in [1.82, 2.24) is 0 Å². The van der Waals surface area contributed by atoms with Gasteiger partial charge in [0.15, 0.2) is 12.3 Å². The molecule has 1 saturated heterocycles. The minimum atomic E-state index is -0.894. The number of hydrogen-bond donors (Lipinski definition) is 0. The summed E-state index contributed by atoms with van der Waals surface area (Å²) < 4.78 is 30.2. The summed E-state index contributed by atoms with van der Waals surface area (Å²) in [6.45, 7) is 1.30. The van der Waals surface area contributed by atoms with Gasteiger partial charge in [0.05, 0.1) is 26.4 Å². The van der Waals surface area contributed by atoms with Crippen LogP contribution in [0.1, 0.15) is 16.7 Å². The minimum absolute atomic E-state index is 0.241. The fourth-order valence-corrected chi connectivity index (χ4v) is 4.13. The number of ether oxygens (including phenoxy) is 5. The van der Waals surface area contributed by atoms with Crippen LogP contribution in [0.2, 0.25) is 0 Å². The summed E-state index contributed by atoms with van der Waals surface area (Å²) in [4.78, 5) is 11.9. The molecule has 0 radical (unpaired) electrons. The third kappa shape index (κ3) is 7.04. The highest BCUT2D eigenvalue weighted by Crippen LogP contribution is 2.30. The molecule has 0 saturated carbocycles. The zero-order chi connectivity index (χ0) is 24.3. The molecule has 1 aliphatic heterocycles. The number of methoxy groups -OCH3 is 1. The molecule has 1 heterocycles. The summed E-state index contributed by atoms with van der Waals surface area (Å²) in [7, 11) is 1.49. The van der Waals surface area contributed by atoms with Crippen molar-refractivity contribution >= 4 is 0 Å². The quantitative estimate of drug-likeness (QED) is 0.346. The van der Waals surface area contributed by atoms with E-state index in [1.54, 1.807) is 0 Å². The van der Waals surface area contributed by atoms with E-state index in [9.17, 15) is 4.91 Å². The van der Waals surface area contributed by atoms with E-state index in [1.165, 1.54) is 7.11 Å².